The summed E-state index contributed by atoms with van der Waals surface area (Å²) in [5.74, 6) is 0.0644. The van der Waals surface area contributed by atoms with Gasteiger partial charge in [-0.2, -0.15) is 0 Å². The zero-order valence-electron chi connectivity index (χ0n) is 8.97. The van der Waals surface area contributed by atoms with E-state index in [4.69, 9.17) is 0 Å². The number of amides is 1. The van der Waals surface area contributed by atoms with Gasteiger partial charge in [0.15, 0.2) is 0 Å². The van der Waals surface area contributed by atoms with Crippen LogP contribution in [0.1, 0.15) is 28.4 Å². The lowest BCUT2D eigenvalue weighted by Crippen LogP contribution is -2.32. The summed E-state index contributed by atoms with van der Waals surface area (Å²) in [6.07, 6.45) is 0.947. The Labute approximate surface area is 89.9 Å². The van der Waals surface area contributed by atoms with Crippen molar-refractivity contribution < 1.29 is 4.79 Å². The lowest BCUT2D eigenvalue weighted by Gasteiger charge is -2.17. The van der Waals surface area contributed by atoms with E-state index < -0.39 is 0 Å². The van der Waals surface area contributed by atoms with Crippen LogP contribution >= 0.6 is 0 Å². The molecule has 3 nitrogen and oxygen atoms in total. The molecule has 15 heavy (non-hydrogen) atoms. The van der Waals surface area contributed by atoms with Crippen molar-refractivity contribution in [1.82, 2.24) is 10.6 Å². The van der Waals surface area contributed by atoms with Crippen LogP contribution in [0.5, 0.6) is 0 Å². The minimum atomic E-state index is 0.0644. The largest absolute Gasteiger partial charge is 0.352 e. The standard InChI is InChI=1S/C12H16N2O/c1-2-13-8-9-3-4-10-5-6-14-12(15)11(10)7-9/h3-4,7,13H,2,5-6,8H2,1H3,(H,14,15). The van der Waals surface area contributed by atoms with Crippen LogP contribution in [-0.2, 0) is 13.0 Å². The highest BCUT2D eigenvalue weighted by molar-refractivity contribution is 5.96. The average Bonchev–Trinajstić information content (AvgIpc) is 2.27. The summed E-state index contributed by atoms with van der Waals surface area (Å²) in [6.45, 7) is 4.61. The topological polar surface area (TPSA) is 41.1 Å². The number of carbonyl (C=O) groups excluding carboxylic acids is 1. The van der Waals surface area contributed by atoms with Crippen LogP contribution in [0.25, 0.3) is 0 Å². The second kappa shape index (κ2) is 4.45. The van der Waals surface area contributed by atoms with Crippen molar-refractivity contribution >= 4 is 5.91 Å². The minimum Gasteiger partial charge on any atom is -0.352 e. The first-order chi connectivity index (χ1) is 7.31. The van der Waals surface area contributed by atoms with Crippen LogP contribution in [0.4, 0.5) is 0 Å². The molecule has 0 spiro atoms. The van der Waals surface area contributed by atoms with Gasteiger partial charge in [-0.3, -0.25) is 4.79 Å². The summed E-state index contributed by atoms with van der Waals surface area (Å²) < 4.78 is 0. The Morgan fingerprint density at radius 1 is 1.47 bits per heavy atom. The fourth-order valence-electron chi connectivity index (χ4n) is 1.84. The lowest BCUT2D eigenvalue weighted by atomic mass is 9.98. The smallest absolute Gasteiger partial charge is 0.251 e. The van der Waals surface area contributed by atoms with Crippen LogP contribution in [0.15, 0.2) is 18.2 Å². The molecule has 0 aromatic heterocycles. The molecule has 2 rings (SSSR count). The number of benzene rings is 1. The predicted octanol–water partition coefficient (Wildman–Crippen LogP) is 1.08. The Hall–Kier alpha value is -1.35. The highest BCUT2D eigenvalue weighted by Crippen LogP contribution is 2.15. The first-order valence-corrected chi connectivity index (χ1v) is 5.42. The SMILES string of the molecule is CCNCc1ccc2c(c1)C(=O)NCC2. The van der Waals surface area contributed by atoms with Gasteiger partial charge in [-0.25, -0.2) is 0 Å². The Morgan fingerprint density at radius 3 is 3.13 bits per heavy atom. The van der Waals surface area contributed by atoms with Gasteiger partial charge in [0.1, 0.15) is 0 Å². The monoisotopic (exact) mass is 204 g/mol. The molecule has 1 amide bonds. The Balaban J connectivity index is 2.23. The highest BCUT2D eigenvalue weighted by Gasteiger charge is 2.16. The van der Waals surface area contributed by atoms with Gasteiger partial charge in [-0.1, -0.05) is 19.1 Å². The second-order valence-electron chi connectivity index (χ2n) is 3.78. The molecule has 0 saturated heterocycles. The summed E-state index contributed by atoms with van der Waals surface area (Å²) in [6, 6.07) is 6.16. The lowest BCUT2D eigenvalue weighted by molar-refractivity contribution is 0.0946. The van der Waals surface area contributed by atoms with E-state index in [0.717, 1.165) is 31.6 Å². The molecule has 1 aromatic carbocycles. The normalized spacial score (nSPS) is 14.6. The molecule has 0 atom stereocenters. The van der Waals surface area contributed by atoms with E-state index in [0.29, 0.717) is 0 Å². The summed E-state index contributed by atoms with van der Waals surface area (Å²) in [4.78, 5) is 11.6. The van der Waals surface area contributed by atoms with Gasteiger partial charge >= 0.3 is 0 Å². The summed E-state index contributed by atoms with van der Waals surface area (Å²) in [5, 5.41) is 6.12. The number of hydrogen-bond donors (Lipinski definition) is 2. The fourth-order valence-corrected chi connectivity index (χ4v) is 1.84. The Kier molecular flexibility index (Phi) is 3.02. The van der Waals surface area contributed by atoms with Gasteiger partial charge in [-0.05, 0) is 30.2 Å². The third-order valence-electron chi connectivity index (χ3n) is 2.68. The molecule has 0 saturated carbocycles. The molecule has 0 aliphatic carbocycles. The first kappa shape index (κ1) is 10.2. The van der Waals surface area contributed by atoms with Crippen molar-refractivity contribution in [2.24, 2.45) is 0 Å². The van der Waals surface area contributed by atoms with E-state index in [9.17, 15) is 4.79 Å². The van der Waals surface area contributed by atoms with Crippen molar-refractivity contribution in [1.29, 1.82) is 0 Å². The van der Waals surface area contributed by atoms with Gasteiger partial charge in [0, 0.05) is 18.7 Å². The Bertz CT molecular complexity index is 374. The molecule has 1 aliphatic rings. The van der Waals surface area contributed by atoms with Gasteiger partial charge in [0.05, 0.1) is 0 Å². The molecule has 0 fully saturated rings. The Morgan fingerprint density at radius 2 is 2.33 bits per heavy atom. The van der Waals surface area contributed by atoms with Crippen molar-refractivity contribution in [2.75, 3.05) is 13.1 Å². The number of hydrogen-bond acceptors (Lipinski definition) is 2. The van der Waals surface area contributed by atoms with Crippen molar-refractivity contribution in [3.63, 3.8) is 0 Å². The first-order valence-electron chi connectivity index (χ1n) is 5.42. The molecule has 1 aliphatic heterocycles. The van der Waals surface area contributed by atoms with Crippen LogP contribution < -0.4 is 10.6 Å². The number of carbonyl (C=O) groups is 1. The van der Waals surface area contributed by atoms with E-state index >= 15 is 0 Å². The molecule has 2 N–H and O–H groups in total. The maximum atomic E-state index is 11.6. The number of fused-ring (bicyclic) bond motifs is 1. The molecule has 1 heterocycles. The van der Waals surface area contributed by atoms with Crippen LogP contribution in [0.2, 0.25) is 0 Å². The highest BCUT2D eigenvalue weighted by atomic mass is 16.1. The van der Waals surface area contributed by atoms with Crippen molar-refractivity contribution in [2.45, 2.75) is 19.9 Å². The molecule has 0 unspecified atom stereocenters. The molecule has 0 bridgehead atoms. The maximum Gasteiger partial charge on any atom is 0.251 e. The zero-order chi connectivity index (χ0) is 10.7. The fraction of sp³-hybridized carbons (Fsp3) is 0.417. The quantitative estimate of drug-likeness (QED) is 0.773. The van der Waals surface area contributed by atoms with E-state index in [-0.39, 0.29) is 5.91 Å². The van der Waals surface area contributed by atoms with E-state index in [1.807, 2.05) is 6.07 Å². The maximum absolute atomic E-state index is 11.6. The van der Waals surface area contributed by atoms with Crippen molar-refractivity contribution in [3.05, 3.63) is 34.9 Å². The number of nitrogens with one attached hydrogen (secondary N) is 2. The van der Waals surface area contributed by atoms with Gasteiger partial charge in [0.2, 0.25) is 0 Å². The van der Waals surface area contributed by atoms with Crippen LogP contribution in [0.3, 0.4) is 0 Å². The zero-order valence-corrected chi connectivity index (χ0v) is 8.97. The van der Waals surface area contributed by atoms with Crippen LogP contribution in [0, 0.1) is 0 Å². The molecular weight excluding hydrogens is 188 g/mol. The van der Waals surface area contributed by atoms with Crippen molar-refractivity contribution in [3.8, 4) is 0 Å². The molecule has 1 aromatic rings. The third-order valence-corrected chi connectivity index (χ3v) is 2.68. The van der Waals surface area contributed by atoms with Gasteiger partial charge in [0.25, 0.3) is 5.91 Å². The number of rotatable bonds is 3. The van der Waals surface area contributed by atoms with E-state index in [1.165, 1.54) is 11.1 Å². The summed E-state index contributed by atoms with van der Waals surface area (Å²) >= 11 is 0. The molecular formula is C12H16N2O. The van der Waals surface area contributed by atoms with E-state index in [1.54, 1.807) is 0 Å². The third kappa shape index (κ3) is 2.18. The average molecular weight is 204 g/mol. The second-order valence-corrected chi connectivity index (χ2v) is 3.78. The summed E-state index contributed by atoms with van der Waals surface area (Å²) in [7, 11) is 0. The van der Waals surface area contributed by atoms with Gasteiger partial charge in [-0.15, -0.1) is 0 Å². The van der Waals surface area contributed by atoms with Crippen LogP contribution in [-0.4, -0.2) is 19.0 Å². The molecule has 0 radical (unpaired) electrons. The van der Waals surface area contributed by atoms with Gasteiger partial charge < -0.3 is 10.6 Å². The summed E-state index contributed by atoms with van der Waals surface area (Å²) in [5.41, 5.74) is 3.18. The minimum absolute atomic E-state index is 0.0644. The van der Waals surface area contributed by atoms with E-state index in [2.05, 4.69) is 29.7 Å². The predicted molar refractivity (Wildman–Crippen MR) is 59.9 cm³/mol. The molecule has 80 valence electrons. The molecule has 3 heteroatoms.